The van der Waals surface area contributed by atoms with Crippen LogP contribution in [0.5, 0.6) is 5.75 Å². The molecule has 3 aliphatic carbocycles. The van der Waals surface area contributed by atoms with Crippen LogP contribution in [0.25, 0.3) is 5.76 Å². The van der Waals surface area contributed by atoms with Crippen molar-refractivity contribution in [2.45, 2.75) is 46.6 Å². The minimum absolute atomic E-state index is 0.0664. The highest BCUT2D eigenvalue weighted by atomic mass is 16.3. The molecule has 1 fully saturated rings. The summed E-state index contributed by atoms with van der Waals surface area (Å²) in [5.74, 6) is -3.37. The number of Topliss-reactive ketones (excluding diaryl/α,β-unsaturated/α-hetero) is 3. The molecule has 0 aromatic heterocycles. The van der Waals surface area contributed by atoms with Crippen LogP contribution in [-0.4, -0.2) is 57.7 Å². The first kappa shape index (κ1) is 22.3. The summed E-state index contributed by atoms with van der Waals surface area (Å²) in [6.07, 6.45) is 0.810. The second kappa shape index (κ2) is 7.04. The molecule has 3 aliphatic rings. The highest BCUT2D eigenvalue weighted by Gasteiger charge is 2.62. The maximum atomic E-state index is 13.9. The van der Waals surface area contributed by atoms with Crippen molar-refractivity contribution in [2.75, 3.05) is 14.1 Å². The van der Waals surface area contributed by atoms with Gasteiger partial charge in [-0.1, -0.05) is 6.07 Å². The molecule has 0 heterocycles. The van der Waals surface area contributed by atoms with E-state index in [-0.39, 0.29) is 34.1 Å². The first-order valence-electron chi connectivity index (χ1n) is 10.8. The molecule has 3 N–H and O–H groups in total. The lowest BCUT2D eigenvalue weighted by atomic mass is 9.52. The number of carbonyl (C=O) groups is 3. The van der Waals surface area contributed by atoms with E-state index in [2.05, 4.69) is 0 Å². The number of aliphatic hydroxyl groups excluding tert-OH is 2. The molecule has 1 aromatic rings. The number of aryl methyl sites for hydroxylation is 2. The van der Waals surface area contributed by atoms with Crippen LogP contribution in [0.4, 0.5) is 0 Å². The highest BCUT2D eigenvalue weighted by molar-refractivity contribution is 6.24. The number of allylic oxidation sites excluding steroid dienone is 2. The van der Waals surface area contributed by atoms with Crippen molar-refractivity contribution < 1.29 is 29.7 Å². The monoisotopic (exact) mass is 439 g/mol. The summed E-state index contributed by atoms with van der Waals surface area (Å²) in [6.45, 7) is 6.38. The Morgan fingerprint density at radius 3 is 2.31 bits per heavy atom. The van der Waals surface area contributed by atoms with Gasteiger partial charge in [-0.05, 0) is 77.2 Å². The maximum absolute atomic E-state index is 13.9. The number of fused-ring (bicyclic) bond motifs is 3. The van der Waals surface area contributed by atoms with Gasteiger partial charge in [0.2, 0.25) is 0 Å². The predicted octanol–water partition coefficient (Wildman–Crippen LogP) is 2.96. The number of rotatable bonds is 2. The fourth-order valence-electron chi connectivity index (χ4n) is 6.07. The van der Waals surface area contributed by atoms with E-state index in [1.165, 1.54) is 6.92 Å². The summed E-state index contributed by atoms with van der Waals surface area (Å²) in [6, 6.07) is 1.10. The molecule has 170 valence electrons. The van der Waals surface area contributed by atoms with Crippen molar-refractivity contribution in [1.29, 1.82) is 0 Å². The van der Waals surface area contributed by atoms with Gasteiger partial charge < -0.3 is 15.3 Å². The van der Waals surface area contributed by atoms with E-state index >= 15 is 0 Å². The molecule has 4 rings (SSSR count). The number of hydrogen-bond acceptors (Lipinski definition) is 7. The molecule has 1 aromatic carbocycles. The Morgan fingerprint density at radius 2 is 1.75 bits per heavy atom. The molecule has 0 radical (unpaired) electrons. The molecule has 1 saturated carbocycles. The minimum Gasteiger partial charge on any atom is -0.510 e. The van der Waals surface area contributed by atoms with Crippen molar-refractivity contribution in [3.8, 4) is 5.75 Å². The zero-order valence-corrected chi connectivity index (χ0v) is 19.2. The van der Waals surface area contributed by atoms with E-state index in [1.54, 1.807) is 32.8 Å². The summed E-state index contributed by atoms with van der Waals surface area (Å²) in [4.78, 5) is 41.1. The number of carbonyl (C=O) groups excluding carboxylic acids is 3. The number of hydrogen-bond donors (Lipinski definition) is 3. The third kappa shape index (κ3) is 2.67. The highest BCUT2D eigenvalue weighted by Crippen LogP contribution is 2.56. The molecule has 0 aliphatic heterocycles. The van der Waals surface area contributed by atoms with E-state index in [0.717, 1.165) is 11.1 Å². The summed E-state index contributed by atoms with van der Waals surface area (Å²) in [5.41, 5.74) is 0.816. The van der Waals surface area contributed by atoms with Gasteiger partial charge in [0.1, 0.15) is 22.8 Å². The Morgan fingerprint density at radius 1 is 1.12 bits per heavy atom. The molecule has 0 spiro atoms. The quantitative estimate of drug-likeness (QED) is 0.607. The van der Waals surface area contributed by atoms with Gasteiger partial charge >= 0.3 is 0 Å². The molecule has 7 heteroatoms. The molecule has 7 nitrogen and oxygen atoms in total. The summed E-state index contributed by atoms with van der Waals surface area (Å²) in [5, 5.41) is 33.0. The third-order valence-corrected chi connectivity index (χ3v) is 7.70. The number of ketones is 3. The summed E-state index contributed by atoms with van der Waals surface area (Å²) < 4.78 is 0. The Hall–Kier alpha value is -2.93. The maximum Gasteiger partial charge on any atom is 0.187 e. The molecule has 4 atom stereocenters. The molecule has 32 heavy (non-hydrogen) atoms. The smallest absolute Gasteiger partial charge is 0.187 e. The van der Waals surface area contributed by atoms with Gasteiger partial charge in [-0.3, -0.25) is 19.3 Å². The second-order valence-corrected chi connectivity index (χ2v) is 9.80. The summed E-state index contributed by atoms with van der Waals surface area (Å²) >= 11 is 0. The summed E-state index contributed by atoms with van der Waals surface area (Å²) in [7, 11) is 3.44. The van der Waals surface area contributed by atoms with Gasteiger partial charge in [0.05, 0.1) is 17.0 Å². The SMILES string of the molecule is CC(=O)C1=C(O)[C@@]2(C)C(=O)C3=C(O)c4c(O)c(C)cc(C)c4C[C@H]3C[C@H]2[C@H](N(C)C)C1=O. The average Bonchev–Trinajstić information content (AvgIpc) is 2.68. The number of aliphatic hydroxyl groups is 2. The van der Waals surface area contributed by atoms with Crippen LogP contribution in [0.3, 0.4) is 0 Å². The fraction of sp³-hybridized carbons (Fsp3) is 0.480. The van der Waals surface area contributed by atoms with Crippen molar-refractivity contribution >= 4 is 23.1 Å². The first-order valence-corrected chi connectivity index (χ1v) is 10.8. The number of phenolic OH excluding ortho intramolecular Hbond substituents is 1. The normalized spacial score (nSPS) is 29.8. The van der Waals surface area contributed by atoms with Gasteiger partial charge in [0, 0.05) is 11.5 Å². The number of phenols is 1. The largest absolute Gasteiger partial charge is 0.510 e. The molecular formula is C25H29NO6. The average molecular weight is 440 g/mol. The van der Waals surface area contributed by atoms with Crippen molar-refractivity contribution in [3.05, 3.63) is 45.2 Å². The van der Waals surface area contributed by atoms with Crippen LogP contribution >= 0.6 is 0 Å². The molecular weight excluding hydrogens is 410 g/mol. The van der Waals surface area contributed by atoms with Gasteiger partial charge in [-0.2, -0.15) is 0 Å². The Labute approximate surface area is 187 Å². The van der Waals surface area contributed by atoms with Crippen molar-refractivity contribution in [2.24, 2.45) is 17.3 Å². The Balaban J connectivity index is 2.00. The molecule has 0 unspecified atom stereocenters. The standard InChI is InChI=1S/C25H29NO6/c1-10-7-11(2)20(28)18-14(10)8-13-9-15-19(26(5)6)22(30)16(12(3)27)23(31)25(15,4)24(32)17(13)21(18)29/h7,13,15,19,28-29,31H,8-9H2,1-6H3/t13-,15-,19-,25-/m0/s1. The van der Waals surface area contributed by atoms with E-state index < -0.39 is 40.5 Å². The lowest BCUT2D eigenvalue weighted by molar-refractivity contribution is -0.139. The predicted molar refractivity (Wildman–Crippen MR) is 118 cm³/mol. The van der Waals surface area contributed by atoms with E-state index in [4.69, 9.17) is 0 Å². The zero-order chi connectivity index (χ0) is 23.9. The molecule has 0 amide bonds. The van der Waals surface area contributed by atoms with E-state index in [9.17, 15) is 29.7 Å². The Bertz CT molecular complexity index is 1160. The number of aromatic hydroxyl groups is 1. The van der Waals surface area contributed by atoms with Crippen LogP contribution in [0.2, 0.25) is 0 Å². The van der Waals surface area contributed by atoms with E-state index in [0.29, 0.717) is 18.4 Å². The van der Waals surface area contributed by atoms with Crippen LogP contribution in [-0.2, 0) is 20.8 Å². The number of likely N-dealkylation sites (N-methyl/N-ethyl adjacent to an activating group) is 1. The van der Waals surface area contributed by atoms with E-state index in [1.807, 2.05) is 13.0 Å². The number of benzene rings is 1. The van der Waals surface area contributed by atoms with Gasteiger partial charge in [0.25, 0.3) is 0 Å². The van der Waals surface area contributed by atoms with Gasteiger partial charge in [-0.15, -0.1) is 0 Å². The lowest BCUT2D eigenvalue weighted by Gasteiger charge is -2.51. The van der Waals surface area contributed by atoms with Gasteiger partial charge in [-0.25, -0.2) is 0 Å². The van der Waals surface area contributed by atoms with Crippen LogP contribution in [0.15, 0.2) is 23.0 Å². The third-order valence-electron chi connectivity index (χ3n) is 7.70. The van der Waals surface area contributed by atoms with Crippen LogP contribution < -0.4 is 0 Å². The lowest BCUT2D eigenvalue weighted by Crippen LogP contribution is -2.60. The molecule has 0 bridgehead atoms. The minimum atomic E-state index is -1.53. The molecule has 0 saturated heterocycles. The van der Waals surface area contributed by atoms with Crippen LogP contribution in [0.1, 0.15) is 42.5 Å². The van der Waals surface area contributed by atoms with Gasteiger partial charge in [0.15, 0.2) is 17.3 Å². The first-order chi connectivity index (χ1) is 14.8. The number of nitrogens with zero attached hydrogens (tertiary/aromatic N) is 1. The van der Waals surface area contributed by atoms with Crippen molar-refractivity contribution in [3.63, 3.8) is 0 Å². The van der Waals surface area contributed by atoms with Crippen LogP contribution in [0, 0.1) is 31.1 Å². The van der Waals surface area contributed by atoms with Crippen molar-refractivity contribution in [1.82, 2.24) is 4.90 Å². The fourth-order valence-corrected chi connectivity index (χ4v) is 6.07. The second-order valence-electron chi connectivity index (χ2n) is 9.80. The Kier molecular flexibility index (Phi) is 4.90. The topological polar surface area (TPSA) is 115 Å². The zero-order valence-electron chi connectivity index (χ0n) is 19.2.